The predicted octanol–water partition coefficient (Wildman–Crippen LogP) is 2.56. The average Bonchev–Trinajstić information content (AvgIpc) is 2.34. The molecule has 0 spiro atoms. The standard InChI is InChI=1S/C12H20ClNO/c1-11-6-4-5-8(9(11)13)12(2,7-11)10(15)14-3/h8-9H,4-7H2,1-3H3,(H,14,15)/t8-,9+,11-,12+/m0/s1. The predicted molar refractivity (Wildman–Crippen MR) is 61.9 cm³/mol. The molecule has 2 nitrogen and oxygen atoms in total. The van der Waals surface area contributed by atoms with E-state index in [9.17, 15) is 4.79 Å². The normalized spacial score (nSPS) is 49.1. The largest absolute Gasteiger partial charge is 0.359 e. The molecule has 0 unspecified atom stereocenters. The molecule has 2 bridgehead atoms. The fourth-order valence-corrected chi connectivity index (χ4v) is 4.42. The number of halogens is 1. The first kappa shape index (κ1) is 11.3. The van der Waals surface area contributed by atoms with Crippen molar-refractivity contribution >= 4 is 17.5 Å². The van der Waals surface area contributed by atoms with Gasteiger partial charge >= 0.3 is 0 Å². The number of fused-ring (bicyclic) bond motifs is 2. The van der Waals surface area contributed by atoms with Crippen molar-refractivity contribution in [2.75, 3.05) is 7.05 Å². The van der Waals surface area contributed by atoms with Gasteiger partial charge in [-0.15, -0.1) is 11.6 Å². The van der Waals surface area contributed by atoms with Crippen LogP contribution in [0, 0.1) is 16.7 Å². The molecule has 0 aliphatic heterocycles. The smallest absolute Gasteiger partial charge is 0.226 e. The van der Waals surface area contributed by atoms with E-state index in [0.29, 0.717) is 5.92 Å². The number of carbonyl (C=O) groups excluding carboxylic acids is 1. The number of hydrogen-bond donors (Lipinski definition) is 1. The van der Waals surface area contributed by atoms with E-state index in [4.69, 9.17) is 11.6 Å². The van der Waals surface area contributed by atoms with Crippen LogP contribution in [-0.2, 0) is 4.79 Å². The Kier molecular flexibility index (Phi) is 2.53. The van der Waals surface area contributed by atoms with Gasteiger partial charge in [-0.3, -0.25) is 4.79 Å². The minimum atomic E-state index is -0.244. The van der Waals surface area contributed by atoms with Crippen molar-refractivity contribution in [3.63, 3.8) is 0 Å². The first-order chi connectivity index (χ1) is 6.94. The quantitative estimate of drug-likeness (QED) is 0.688. The summed E-state index contributed by atoms with van der Waals surface area (Å²) in [6.45, 7) is 4.33. The Labute approximate surface area is 96.8 Å². The Bertz CT molecular complexity index is 293. The molecule has 0 saturated heterocycles. The van der Waals surface area contributed by atoms with Crippen LogP contribution in [-0.4, -0.2) is 18.3 Å². The van der Waals surface area contributed by atoms with Crippen LogP contribution in [0.1, 0.15) is 39.5 Å². The maximum absolute atomic E-state index is 12.0. The summed E-state index contributed by atoms with van der Waals surface area (Å²) in [5.74, 6) is 0.529. The monoisotopic (exact) mass is 229 g/mol. The molecular formula is C12H20ClNO. The molecular weight excluding hydrogens is 210 g/mol. The van der Waals surface area contributed by atoms with Crippen LogP contribution in [0.5, 0.6) is 0 Å². The highest BCUT2D eigenvalue weighted by Gasteiger charge is 2.60. The highest BCUT2D eigenvalue weighted by atomic mass is 35.5. The summed E-state index contributed by atoms with van der Waals surface area (Å²) in [5, 5.41) is 2.97. The summed E-state index contributed by atoms with van der Waals surface area (Å²) in [7, 11) is 1.72. The SMILES string of the molecule is CNC(=O)[C@]1(C)C[C@]2(C)CCC[C@H]1[C@H]2Cl. The highest BCUT2D eigenvalue weighted by molar-refractivity contribution is 6.22. The Hall–Kier alpha value is -0.240. The zero-order valence-corrected chi connectivity index (χ0v) is 10.5. The van der Waals surface area contributed by atoms with Crippen molar-refractivity contribution in [1.82, 2.24) is 5.32 Å². The summed E-state index contributed by atoms with van der Waals surface area (Å²) in [6.07, 6.45) is 4.44. The Balaban J connectivity index is 2.34. The van der Waals surface area contributed by atoms with Gasteiger partial charge in [0.1, 0.15) is 0 Å². The van der Waals surface area contributed by atoms with Gasteiger partial charge < -0.3 is 5.32 Å². The molecule has 0 aromatic rings. The van der Waals surface area contributed by atoms with Gasteiger partial charge in [0, 0.05) is 12.4 Å². The molecule has 0 aromatic heterocycles. The molecule has 2 aliphatic carbocycles. The second kappa shape index (κ2) is 3.38. The van der Waals surface area contributed by atoms with Gasteiger partial charge in [0.15, 0.2) is 0 Å². The first-order valence-corrected chi connectivity index (χ1v) is 6.24. The number of nitrogens with one attached hydrogen (secondary N) is 1. The molecule has 1 N–H and O–H groups in total. The van der Waals surface area contributed by atoms with E-state index in [1.54, 1.807) is 7.05 Å². The summed E-state index contributed by atoms with van der Waals surface area (Å²) >= 11 is 6.53. The number of hydrogen-bond acceptors (Lipinski definition) is 1. The highest BCUT2D eigenvalue weighted by Crippen LogP contribution is 2.62. The fraction of sp³-hybridized carbons (Fsp3) is 0.917. The van der Waals surface area contributed by atoms with E-state index in [-0.39, 0.29) is 22.1 Å². The molecule has 2 fully saturated rings. The number of rotatable bonds is 1. The maximum atomic E-state index is 12.0. The topological polar surface area (TPSA) is 29.1 Å². The van der Waals surface area contributed by atoms with Gasteiger partial charge in [0.2, 0.25) is 5.91 Å². The third-order valence-electron chi connectivity index (χ3n) is 4.62. The zero-order valence-electron chi connectivity index (χ0n) is 9.77. The van der Waals surface area contributed by atoms with Crippen LogP contribution in [0.25, 0.3) is 0 Å². The lowest BCUT2D eigenvalue weighted by atomic mass is 9.75. The van der Waals surface area contributed by atoms with Gasteiger partial charge in [-0.1, -0.05) is 20.3 Å². The van der Waals surface area contributed by atoms with Crippen LogP contribution in [0.4, 0.5) is 0 Å². The Morgan fingerprint density at radius 1 is 1.47 bits per heavy atom. The van der Waals surface area contributed by atoms with Gasteiger partial charge in [0.05, 0.1) is 5.41 Å². The van der Waals surface area contributed by atoms with Crippen LogP contribution in [0.3, 0.4) is 0 Å². The lowest BCUT2D eigenvalue weighted by Gasteiger charge is -2.35. The Morgan fingerprint density at radius 3 is 2.67 bits per heavy atom. The minimum absolute atomic E-state index is 0.170. The Morgan fingerprint density at radius 2 is 2.13 bits per heavy atom. The number of carbonyl (C=O) groups is 1. The van der Waals surface area contributed by atoms with Crippen LogP contribution < -0.4 is 5.32 Å². The second-order valence-corrected chi connectivity index (χ2v) is 6.20. The van der Waals surface area contributed by atoms with Crippen LogP contribution in [0.15, 0.2) is 0 Å². The van der Waals surface area contributed by atoms with Gasteiger partial charge in [0.25, 0.3) is 0 Å². The summed E-state index contributed by atoms with van der Waals surface area (Å²) < 4.78 is 0. The van der Waals surface area contributed by atoms with E-state index in [0.717, 1.165) is 12.8 Å². The molecule has 86 valence electrons. The van der Waals surface area contributed by atoms with Crippen molar-refractivity contribution in [1.29, 1.82) is 0 Å². The molecule has 2 saturated carbocycles. The molecule has 0 heterocycles. The number of alkyl halides is 1. The molecule has 1 amide bonds. The fourth-order valence-electron chi connectivity index (χ4n) is 3.83. The van der Waals surface area contributed by atoms with E-state index in [2.05, 4.69) is 19.2 Å². The van der Waals surface area contributed by atoms with Gasteiger partial charge in [-0.25, -0.2) is 0 Å². The molecule has 2 rings (SSSR count). The molecule has 0 radical (unpaired) electrons. The van der Waals surface area contributed by atoms with Crippen molar-refractivity contribution in [2.45, 2.75) is 44.9 Å². The second-order valence-electron chi connectivity index (χ2n) is 5.73. The van der Waals surface area contributed by atoms with Gasteiger partial charge in [-0.05, 0) is 30.6 Å². The van der Waals surface area contributed by atoms with E-state index < -0.39 is 0 Å². The third-order valence-corrected chi connectivity index (χ3v) is 5.45. The summed E-state index contributed by atoms with van der Waals surface area (Å²) in [5.41, 5.74) is -0.0713. The summed E-state index contributed by atoms with van der Waals surface area (Å²) in [4.78, 5) is 12.0. The molecule has 15 heavy (non-hydrogen) atoms. The van der Waals surface area contributed by atoms with E-state index in [1.807, 2.05) is 0 Å². The van der Waals surface area contributed by atoms with E-state index >= 15 is 0 Å². The summed E-state index contributed by atoms with van der Waals surface area (Å²) in [6, 6.07) is 0. The number of amides is 1. The van der Waals surface area contributed by atoms with Gasteiger partial charge in [-0.2, -0.15) is 0 Å². The van der Waals surface area contributed by atoms with Crippen molar-refractivity contribution in [3.8, 4) is 0 Å². The minimum Gasteiger partial charge on any atom is -0.359 e. The molecule has 0 aromatic carbocycles. The maximum Gasteiger partial charge on any atom is 0.226 e. The lowest BCUT2D eigenvalue weighted by Crippen LogP contribution is -2.41. The zero-order chi connectivity index (χ0) is 11.3. The average molecular weight is 230 g/mol. The van der Waals surface area contributed by atoms with Crippen molar-refractivity contribution < 1.29 is 4.79 Å². The molecule has 4 atom stereocenters. The van der Waals surface area contributed by atoms with Crippen LogP contribution >= 0.6 is 11.6 Å². The first-order valence-electron chi connectivity index (χ1n) is 5.80. The van der Waals surface area contributed by atoms with Crippen molar-refractivity contribution in [2.24, 2.45) is 16.7 Å². The van der Waals surface area contributed by atoms with Crippen LogP contribution in [0.2, 0.25) is 0 Å². The lowest BCUT2D eigenvalue weighted by molar-refractivity contribution is -0.131. The van der Waals surface area contributed by atoms with Crippen molar-refractivity contribution in [3.05, 3.63) is 0 Å². The molecule has 2 aliphatic rings. The molecule has 3 heteroatoms. The third kappa shape index (κ3) is 1.41. The van der Waals surface area contributed by atoms with E-state index in [1.165, 1.54) is 12.8 Å².